The maximum atomic E-state index is 12.8. The summed E-state index contributed by atoms with van der Waals surface area (Å²) < 4.78 is 5.53. The zero-order chi connectivity index (χ0) is 22.0. The summed E-state index contributed by atoms with van der Waals surface area (Å²) in [5.41, 5.74) is 2.63. The lowest BCUT2D eigenvalue weighted by Gasteiger charge is -2.32. The second-order valence-electron chi connectivity index (χ2n) is 7.95. The molecule has 1 unspecified atom stereocenters. The van der Waals surface area contributed by atoms with Gasteiger partial charge in [-0.25, -0.2) is 0 Å². The van der Waals surface area contributed by atoms with Gasteiger partial charge in [-0.3, -0.25) is 19.7 Å². The van der Waals surface area contributed by atoms with Gasteiger partial charge in [0.2, 0.25) is 0 Å². The Labute approximate surface area is 180 Å². The van der Waals surface area contributed by atoms with E-state index in [9.17, 15) is 19.7 Å². The number of anilines is 2. The molecule has 2 aliphatic rings. The first kappa shape index (κ1) is 20.8. The van der Waals surface area contributed by atoms with Crippen LogP contribution in [0.5, 0.6) is 0 Å². The van der Waals surface area contributed by atoms with Crippen molar-refractivity contribution < 1.29 is 19.2 Å². The summed E-state index contributed by atoms with van der Waals surface area (Å²) in [4.78, 5) is 40.0. The van der Waals surface area contributed by atoms with Crippen LogP contribution in [0.25, 0.3) is 0 Å². The first-order valence-electron chi connectivity index (χ1n) is 10.5. The van der Waals surface area contributed by atoms with E-state index < -0.39 is 6.10 Å². The largest absolute Gasteiger partial charge is 0.452 e. The van der Waals surface area contributed by atoms with Crippen molar-refractivity contribution in [2.75, 3.05) is 29.4 Å². The molecule has 4 rings (SSSR count). The van der Waals surface area contributed by atoms with E-state index in [1.807, 2.05) is 29.2 Å². The van der Waals surface area contributed by atoms with Crippen molar-refractivity contribution in [1.29, 1.82) is 0 Å². The van der Waals surface area contributed by atoms with Crippen molar-refractivity contribution in [3.05, 3.63) is 64.2 Å². The minimum absolute atomic E-state index is 0.0636. The van der Waals surface area contributed by atoms with Gasteiger partial charge in [-0.15, -0.1) is 0 Å². The van der Waals surface area contributed by atoms with Gasteiger partial charge >= 0.3 is 5.97 Å². The summed E-state index contributed by atoms with van der Waals surface area (Å²) in [6.45, 7) is 3.25. The fourth-order valence-electron chi connectivity index (χ4n) is 4.35. The Bertz CT molecular complexity index is 1000. The van der Waals surface area contributed by atoms with E-state index in [-0.39, 0.29) is 28.4 Å². The highest BCUT2D eigenvalue weighted by Gasteiger charge is 2.33. The number of fused-ring (bicyclic) bond motifs is 1. The van der Waals surface area contributed by atoms with Crippen LogP contribution >= 0.6 is 0 Å². The third-order valence-corrected chi connectivity index (χ3v) is 6.04. The fourth-order valence-corrected chi connectivity index (χ4v) is 4.35. The predicted octanol–water partition coefficient (Wildman–Crippen LogP) is 3.33. The van der Waals surface area contributed by atoms with Gasteiger partial charge in [0.25, 0.3) is 11.6 Å². The number of para-hydroxylation sites is 3. The molecule has 1 saturated heterocycles. The van der Waals surface area contributed by atoms with Crippen molar-refractivity contribution in [2.45, 2.75) is 32.3 Å². The number of benzene rings is 2. The number of hydrogen-bond acceptors (Lipinski definition) is 6. The van der Waals surface area contributed by atoms with Crippen LogP contribution in [0.15, 0.2) is 48.5 Å². The van der Waals surface area contributed by atoms with Crippen LogP contribution in [-0.2, 0) is 20.7 Å². The average molecular weight is 423 g/mol. The summed E-state index contributed by atoms with van der Waals surface area (Å²) >= 11 is 0. The number of hydrogen-bond donors (Lipinski definition) is 0. The van der Waals surface area contributed by atoms with Crippen LogP contribution in [0.2, 0.25) is 0 Å². The molecule has 31 heavy (non-hydrogen) atoms. The maximum Gasteiger partial charge on any atom is 0.309 e. The summed E-state index contributed by atoms with van der Waals surface area (Å²) in [5, 5.41) is 11.3. The lowest BCUT2D eigenvalue weighted by Crippen LogP contribution is -2.42. The zero-order valence-corrected chi connectivity index (χ0v) is 17.4. The number of nitrogens with zero attached hydrogens (tertiary/aromatic N) is 3. The molecule has 2 aliphatic heterocycles. The van der Waals surface area contributed by atoms with E-state index in [1.54, 1.807) is 30.0 Å². The molecule has 0 radical (unpaired) electrons. The monoisotopic (exact) mass is 423 g/mol. The Morgan fingerprint density at radius 3 is 2.39 bits per heavy atom. The molecule has 0 aliphatic carbocycles. The smallest absolute Gasteiger partial charge is 0.309 e. The Morgan fingerprint density at radius 1 is 1.03 bits per heavy atom. The molecule has 2 aromatic carbocycles. The molecular weight excluding hydrogens is 398 g/mol. The van der Waals surface area contributed by atoms with Gasteiger partial charge < -0.3 is 14.5 Å². The number of ether oxygens (including phenoxy) is 1. The number of nitro groups is 1. The number of piperidine rings is 1. The number of esters is 1. The lowest BCUT2D eigenvalue weighted by molar-refractivity contribution is -0.384. The van der Waals surface area contributed by atoms with E-state index >= 15 is 0 Å². The molecule has 8 heteroatoms. The first-order valence-corrected chi connectivity index (χ1v) is 10.5. The van der Waals surface area contributed by atoms with Crippen molar-refractivity contribution in [3.8, 4) is 0 Å². The van der Waals surface area contributed by atoms with Crippen molar-refractivity contribution in [1.82, 2.24) is 0 Å². The quantitative estimate of drug-likeness (QED) is 0.416. The minimum Gasteiger partial charge on any atom is -0.452 e. The third-order valence-electron chi connectivity index (χ3n) is 6.04. The highest BCUT2D eigenvalue weighted by atomic mass is 16.6. The first-order chi connectivity index (χ1) is 15.0. The second kappa shape index (κ2) is 8.75. The molecule has 1 atom stereocenters. The Kier molecular flexibility index (Phi) is 5.88. The minimum atomic E-state index is -0.855. The van der Waals surface area contributed by atoms with Gasteiger partial charge in [0.1, 0.15) is 5.69 Å². The van der Waals surface area contributed by atoms with E-state index in [2.05, 4.69) is 0 Å². The van der Waals surface area contributed by atoms with Crippen LogP contribution in [0, 0.1) is 16.0 Å². The van der Waals surface area contributed by atoms with Crippen molar-refractivity contribution in [3.63, 3.8) is 0 Å². The van der Waals surface area contributed by atoms with Gasteiger partial charge in [-0.2, -0.15) is 0 Å². The number of amides is 1. The number of carbonyl (C=O) groups is 2. The molecule has 1 amide bonds. The van der Waals surface area contributed by atoms with Crippen molar-refractivity contribution >= 4 is 28.9 Å². The Balaban J connectivity index is 1.33. The van der Waals surface area contributed by atoms with Crippen molar-refractivity contribution in [2.24, 2.45) is 5.92 Å². The zero-order valence-electron chi connectivity index (χ0n) is 17.4. The summed E-state index contributed by atoms with van der Waals surface area (Å²) in [7, 11) is 0. The molecule has 162 valence electrons. The third kappa shape index (κ3) is 4.23. The molecule has 8 nitrogen and oxygen atoms in total. The SMILES string of the molecule is CC(OC(=O)C1CCN(c2ccccc2[N+](=O)[O-])CC1)C(=O)N1CCc2ccccc21. The van der Waals surface area contributed by atoms with E-state index in [0.29, 0.717) is 38.2 Å². The van der Waals surface area contributed by atoms with Crippen LogP contribution < -0.4 is 9.80 Å². The standard InChI is InChI=1S/C23H25N3O5/c1-16(22(27)25-15-12-17-6-2-3-7-19(17)25)31-23(28)18-10-13-24(14-11-18)20-8-4-5-9-21(20)26(29)30/h2-9,16,18H,10-15H2,1H3. The van der Waals surface area contributed by atoms with Crippen LogP contribution in [-0.4, -0.2) is 42.5 Å². The van der Waals surface area contributed by atoms with E-state index in [1.165, 1.54) is 6.07 Å². The molecule has 2 aromatic rings. The molecule has 0 bridgehead atoms. The fraction of sp³-hybridized carbons (Fsp3) is 0.391. The van der Waals surface area contributed by atoms with Gasteiger partial charge in [0.05, 0.1) is 10.8 Å². The van der Waals surface area contributed by atoms with E-state index in [4.69, 9.17) is 4.74 Å². The molecule has 0 N–H and O–H groups in total. The average Bonchev–Trinajstić information content (AvgIpc) is 3.22. The molecule has 0 saturated carbocycles. The lowest BCUT2D eigenvalue weighted by atomic mass is 9.96. The van der Waals surface area contributed by atoms with E-state index in [0.717, 1.165) is 17.7 Å². The topological polar surface area (TPSA) is 93.0 Å². The molecule has 1 fully saturated rings. The number of nitro benzene ring substituents is 1. The highest BCUT2D eigenvalue weighted by Crippen LogP contribution is 2.32. The molecule has 0 spiro atoms. The van der Waals surface area contributed by atoms with Gasteiger partial charge in [0, 0.05) is 31.4 Å². The second-order valence-corrected chi connectivity index (χ2v) is 7.95. The summed E-state index contributed by atoms with van der Waals surface area (Å²) in [6.07, 6.45) is 0.996. The molecule has 2 heterocycles. The predicted molar refractivity (Wildman–Crippen MR) is 116 cm³/mol. The van der Waals surface area contributed by atoms with Crippen LogP contribution in [0.1, 0.15) is 25.3 Å². The van der Waals surface area contributed by atoms with Crippen LogP contribution in [0.3, 0.4) is 0 Å². The van der Waals surface area contributed by atoms with Gasteiger partial charge in [0.15, 0.2) is 6.10 Å². The molecule has 0 aromatic heterocycles. The van der Waals surface area contributed by atoms with Crippen LogP contribution in [0.4, 0.5) is 17.1 Å². The Morgan fingerprint density at radius 2 is 1.68 bits per heavy atom. The summed E-state index contributed by atoms with van der Waals surface area (Å²) in [5.74, 6) is -0.911. The molecular formula is C23H25N3O5. The Hall–Kier alpha value is -3.42. The summed E-state index contributed by atoms with van der Waals surface area (Å²) in [6, 6.07) is 14.4. The maximum absolute atomic E-state index is 12.8. The highest BCUT2D eigenvalue weighted by molar-refractivity contribution is 5.99. The van der Waals surface area contributed by atoms with Gasteiger partial charge in [-0.1, -0.05) is 30.3 Å². The normalized spacial score (nSPS) is 17.2. The number of carbonyl (C=O) groups excluding carboxylic acids is 2. The number of rotatable bonds is 5. The van der Waals surface area contributed by atoms with Gasteiger partial charge in [-0.05, 0) is 43.9 Å².